The molecule has 1 aromatic carbocycles. The van der Waals surface area contributed by atoms with Gasteiger partial charge in [-0.15, -0.1) is 0 Å². The van der Waals surface area contributed by atoms with Crippen molar-refractivity contribution in [1.82, 2.24) is 0 Å². The topological polar surface area (TPSA) is 61.3 Å². The Kier molecular flexibility index (Phi) is 3.19. The molecule has 15 heavy (non-hydrogen) atoms. The summed E-state index contributed by atoms with van der Waals surface area (Å²) < 4.78 is 18.9. The molecule has 0 unspecified atom stereocenters. The first-order valence-electron chi connectivity index (χ1n) is 4.80. The van der Waals surface area contributed by atoms with Crippen LogP contribution in [0.5, 0.6) is 5.75 Å². The van der Waals surface area contributed by atoms with E-state index in [4.69, 9.17) is 16.2 Å². The fraction of sp³-hybridized carbons (Fsp3) is 0.455. The molecule has 0 bridgehead atoms. The van der Waals surface area contributed by atoms with Gasteiger partial charge in [0.25, 0.3) is 0 Å². The van der Waals surface area contributed by atoms with Crippen molar-refractivity contribution in [3.63, 3.8) is 0 Å². The smallest absolute Gasteiger partial charge is 0.167 e. The van der Waals surface area contributed by atoms with E-state index in [0.29, 0.717) is 11.3 Å². The van der Waals surface area contributed by atoms with E-state index < -0.39 is 11.4 Å². The van der Waals surface area contributed by atoms with Gasteiger partial charge < -0.3 is 16.2 Å². The first-order valence-corrected chi connectivity index (χ1v) is 4.80. The Hall–Kier alpha value is -1.29. The average molecular weight is 212 g/mol. The van der Waals surface area contributed by atoms with Crippen LogP contribution in [0.2, 0.25) is 0 Å². The van der Waals surface area contributed by atoms with Crippen LogP contribution in [-0.2, 0) is 6.54 Å². The lowest BCUT2D eigenvalue weighted by molar-refractivity contribution is 0.124. The number of hydrogen-bond donors (Lipinski definition) is 2. The van der Waals surface area contributed by atoms with Gasteiger partial charge in [-0.3, -0.25) is 0 Å². The maximum absolute atomic E-state index is 13.5. The van der Waals surface area contributed by atoms with Crippen LogP contribution in [0.1, 0.15) is 26.3 Å². The van der Waals surface area contributed by atoms with Crippen LogP contribution in [0, 0.1) is 5.82 Å². The van der Waals surface area contributed by atoms with Gasteiger partial charge in [0.1, 0.15) is 5.60 Å². The number of benzene rings is 1. The molecule has 0 aliphatic heterocycles. The van der Waals surface area contributed by atoms with Gasteiger partial charge in [-0.25, -0.2) is 4.39 Å². The fourth-order valence-electron chi connectivity index (χ4n) is 1.20. The second-order valence-electron chi connectivity index (χ2n) is 4.40. The number of halogens is 1. The van der Waals surface area contributed by atoms with Crippen LogP contribution in [0.3, 0.4) is 0 Å². The summed E-state index contributed by atoms with van der Waals surface area (Å²) in [5, 5.41) is 0. The van der Waals surface area contributed by atoms with Crippen molar-refractivity contribution in [2.75, 3.05) is 5.73 Å². The van der Waals surface area contributed by atoms with E-state index in [2.05, 4.69) is 0 Å². The van der Waals surface area contributed by atoms with Crippen LogP contribution in [0.4, 0.5) is 10.1 Å². The molecule has 4 N–H and O–H groups in total. The zero-order valence-corrected chi connectivity index (χ0v) is 9.30. The van der Waals surface area contributed by atoms with Gasteiger partial charge in [0.2, 0.25) is 0 Å². The van der Waals surface area contributed by atoms with Crippen molar-refractivity contribution in [3.05, 3.63) is 23.5 Å². The summed E-state index contributed by atoms with van der Waals surface area (Å²) >= 11 is 0. The van der Waals surface area contributed by atoms with Crippen molar-refractivity contribution in [1.29, 1.82) is 0 Å². The number of nitrogen functional groups attached to an aromatic ring is 1. The van der Waals surface area contributed by atoms with E-state index in [9.17, 15) is 4.39 Å². The summed E-state index contributed by atoms with van der Waals surface area (Å²) in [5.74, 6) is -0.267. The molecule has 84 valence electrons. The van der Waals surface area contributed by atoms with Crippen molar-refractivity contribution >= 4 is 5.69 Å². The third kappa shape index (κ3) is 3.09. The molecule has 3 nitrogen and oxygen atoms in total. The second-order valence-corrected chi connectivity index (χ2v) is 4.40. The zero-order chi connectivity index (χ0) is 11.6. The van der Waals surface area contributed by atoms with E-state index in [1.54, 1.807) is 6.07 Å². The molecule has 0 aromatic heterocycles. The summed E-state index contributed by atoms with van der Waals surface area (Å²) in [7, 11) is 0. The van der Waals surface area contributed by atoms with Crippen LogP contribution in [0.15, 0.2) is 12.1 Å². The summed E-state index contributed by atoms with van der Waals surface area (Å²) in [5.41, 5.74) is 11.7. The molecular weight excluding hydrogens is 195 g/mol. The Morgan fingerprint density at radius 2 is 1.93 bits per heavy atom. The van der Waals surface area contributed by atoms with Crippen molar-refractivity contribution < 1.29 is 9.13 Å². The van der Waals surface area contributed by atoms with E-state index in [0.717, 1.165) is 0 Å². The maximum Gasteiger partial charge on any atom is 0.167 e. The average Bonchev–Trinajstić information content (AvgIpc) is 2.07. The van der Waals surface area contributed by atoms with Gasteiger partial charge in [0.05, 0.1) is 0 Å². The predicted octanol–water partition coefficient (Wildman–Crippen LogP) is 2.04. The molecule has 0 aliphatic rings. The molecule has 0 fully saturated rings. The minimum Gasteiger partial charge on any atom is -0.485 e. The lowest BCUT2D eigenvalue weighted by Gasteiger charge is -2.22. The number of rotatable bonds is 2. The Morgan fingerprint density at radius 1 is 1.33 bits per heavy atom. The molecule has 0 spiro atoms. The highest BCUT2D eigenvalue weighted by Crippen LogP contribution is 2.26. The largest absolute Gasteiger partial charge is 0.485 e. The highest BCUT2D eigenvalue weighted by molar-refractivity contribution is 5.51. The lowest BCUT2D eigenvalue weighted by atomic mass is 10.1. The van der Waals surface area contributed by atoms with Crippen molar-refractivity contribution in [2.45, 2.75) is 32.9 Å². The molecule has 0 atom stereocenters. The summed E-state index contributed by atoms with van der Waals surface area (Å²) in [6.07, 6.45) is 0. The van der Waals surface area contributed by atoms with Crippen molar-refractivity contribution in [3.8, 4) is 5.75 Å². The van der Waals surface area contributed by atoms with E-state index >= 15 is 0 Å². The third-order valence-corrected chi connectivity index (χ3v) is 1.83. The van der Waals surface area contributed by atoms with Gasteiger partial charge in [-0.1, -0.05) is 0 Å². The van der Waals surface area contributed by atoms with E-state index in [1.807, 2.05) is 20.8 Å². The van der Waals surface area contributed by atoms with Crippen LogP contribution in [0.25, 0.3) is 0 Å². The molecule has 1 aromatic rings. The molecule has 0 saturated heterocycles. The second kappa shape index (κ2) is 4.06. The molecule has 0 heterocycles. The van der Waals surface area contributed by atoms with Gasteiger partial charge in [-0.05, 0) is 32.4 Å². The van der Waals surface area contributed by atoms with Crippen LogP contribution < -0.4 is 16.2 Å². The first kappa shape index (κ1) is 11.8. The Morgan fingerprint density at radius 3 is 2.40 bits per heavy atom. The Balaban J connectivity index is 3.08. The lowest BCUT2D eigenvalue weighted by Crippen LogP contribution is -2.23. The standard InChI is InChI=1S/C11H17FN2O/c1-11(2,3)15-10-4-7(6-13)9(14)5-8(10)12/h4-5H,6,13-14H2,1-3H3. The third-order valence-electron chi connectivity index (χ3n) is 1.83. The van der Waals surface area contributed by atoms with Gasteiger partial charge in [0.15, 0.2) is 11.6 Å². The predicted molar refractivity (Wildman–Crippen MR) is 59.1 cm³/mol. The summed E-state index contributed by atoms with van der Waals surface area (Å²) in [4.78, 5) is 0. The zero-order valence-electron chi connectivity index (χ0n) is 9.30. The summed E-state index contributed by atoms with van der Waals surface area (Å²) in [6.45, 7) is 5.83. The Labute approximate surface area is 89.2 Å². The van der Waals surface area contributed by atoms with E-state index in [1.165, 1.54) is 6.07 Å². The minimum absolute atomic E-state index is 0.192. The monoisotopic (exact) mass is 212 g/mol. The molecule has 1 rings (SSSR count). The highest BCUT2D eigenvalue weighted by Gasteiger charge is 2.16. The maximum atomic E-state index is 13.5. The number of anilines is 1. The fourth-order valence-corrected chi connectivity index (χ4v) is 1.20. The van der Waals surface area contributed by atoms with Crippen molar-refractivity contribution in [2.24, 2.45) is 5.73 Å². The molecule has 4 heteroatoms. The normalized spacial score (nSPS) is 11.5. The van der Waals surface area contributed by atoms with E-state index in [-0.39, 0.29) is 12.3 Å². The van der Waals surface area contributed by atoms with Gasteiger partial charge in [0, 0.05) is 18.3 Å². The first-order chi connectivity index (χ1) is 6.83. The number of nitrogens with two attached hydrogens (primary N) is 2. The minimum atomic E-state index is -0.459. The van der Waals surface area contributed by atoms with Gasteiger partial charge in [-0.2, -0.15) is 0 Å². The van der Waals surface area contributed by atoms with Crippen LogP contribution >= 0.6 is 0 Å². The van der Waals surface area contributed by atoms with Gasteiger partial charge >= 0.3 is 0 Å². The quantitative estimate of drug-likeness (QED) is 0.737. The highest BCUT2D eigenvalue weighted by atomic mass is 19.1. The molecular formula is C11H17FN2O. The molecule has 0 saturated carbocycles. The number of hydrogen-bond acceptors (Lipinski definition) is 3. The number of ether oxygens (including phenoxy) is 1. The molecule has 0 amide bonds. The molecule has 0 aliphatic carbocycles. The summed E-state index contributed by atoms with van der Waals surface area (Å²) in [6, 6.07) is 2.79. The van der Waals surface area contributed by atoms with Crippen LogP contribution in [-0.4, -0.2) is 5.60 Å². The SMILES string of the molecule is CC(C)(C)Oc1cc(CN)c(N)cc1F. The molecule has 0 radical (unpaired) electrons. The Bertz CT molecular complexity index is 358.